The second kappa shape index (κ2) is 12.3. The number of anilines is 1. The molecule has 0 saturated heterocycles. The quantitative estimate of drug-likeness (QED) is 0.261. The lowest BCUT2D eigenvalue weighted by molar-refractivity contribution is -0.119. The number of sulfonamides is 1. The van der Waals surface area contributed by atoms with E-state index in [-0.39, 0.29) is 20.6 Å². The number of ether oxygens (including phenoxy) is 2. The summed E-state index contributed by atoms with van der Waals surface area (Å²) in [5.74, 6) is 0.418. The fourth-order valence-electron chi connectivity index (χ4n) is 3.49. The van der Waals surface area contributed by atoms with Crippen molar-refractivity contribution in [3.63, 3.8) is 0 Å². The largest absolute Gasteiger partial charge is 0.493 e. The van der Waals surface area contributed by atoms with Gasteiger partial charge < -0.3 is 9.47 Å². The molecule has 0 atom stereocenters. The van der Waals surface area contributed by atoms with Crippen LogP contribution in [0.4, 0.5) is 5.69 Å². The van der Waals surface area contributed by atoms with Gasteiger partial charge in [-0.2, -0.15) is 5.10 Å². The summed E-state index contributed by atoms with van der Waals surface area (Å²) in [6.45, 7) is 3.17. The van der Waals surface area contributed by atoms with Gasteiger partial charge in [-0.1, -0.05) is 47.8 Å². The number of methoxy groups -OCH3 is 2. The van der Waals surface area contributed by atoms with Crippen molar-refractivity contribution in [1.82, 2.24) is 5.43 Å². The number of hydrogen-bond donors (Lipinski definition) is 1. The van der Waals surface area contributed by atoms with E-state index in [0.29, 0.717) is 29.2 Å². The van der Waals surface area contributed by atoms with Crippen molar-refractivity contribution in [2.24, 2.45) is 5.10 Å². The van der Waals surface area contributed by atoms with Crippen molar-refractivity contribution in [1.29, 1.82) is 0 Å². The normalized spacial score (nSPS) is 11.7. The summed E-state index contributed by atoms with van der Waals surface area (Å²) in [6, 6.07) is 15.9. The zero-order valence-electron chi connectivity index (χ0n) is 20.8. The Kier molecular flexibility index (Phi) is 9.42. The first kappa shape index (κ1) is 28.3. The number of aryl methyl sites for hydroxylation is 1. The highest BCUT2D eigenvalue weighted by Crippen LogP contribution is 2.30. The van der Waals surface area contributed by atoms with Crippen LogP contribution in [0.25, 0.3) is 0 Å². The average molecular weight is 564 g/mol. The van der Waals surface area contributed by atoms with E-state index in [0.717, 1.165) is 9.87 Å². The van der Waals surface area contributed by atoms with Crippen LogP contribution in [-0.2, 0) is 14.8 Å². The van der Waals surface area contributed by atoms with Crippen LogP contribution >= 0.6 is 23.2 Å². The molecule has 3 rings (SSSR count). The monoisotopic (exact) mass is 563 g/mol. The number of halogens is 2. The second-order valence-corrected chi connectivity index (χ2v) is 10.7. The Balaban J connectivity index is 1.92. The van der Waals surface area contributed by atoms with E-state index in [4.69, 9.17) is 32.7 Å². The third-order valence-corrected chi connectivity index (χ3v) is 7.62. The minimum atomic E-state index is -4.14. The van der Waals surface area contributed by atoms with Crippen molar-refractivity contribution in [2.75, 3.05) is 25.1 Å². The molecule has 0 aromatic heterocycles. The molecular weight excluding hydrogens is 537 g/mol. The number of amides is 1. The van der Waals surface area contributed by atoms with E-state index in [1.165, 1.54) is 44.6 Å². The topological polar surface area (TPSA) is 97.3 Å². The molecule has 8 nitrogen and oxygen atoms in total. The molecule has 11 heteroatoms. The van der Waals surface area contributed by atoms with Crippen LogP contribution in [0.5, 0.6) is 11.5 Å². The number of benzene rings is 3. The molecule has 0 bridgehead atoms. The maximum Gasteiger partial charge on any atom is 0.264 e. The van der Waals surface area contributed by atoms with E-state index in [2.05, 4.69) is 10.5 Å². The van der Waals surface area contributed by atoms with E-state index in [1.54, 1.807) is 30.3 Å². The van der Waals surface area contributed by atoms with Gasteiger partial charge in [0.2, 0.25) is 0 Å². The molecule has 0 heterocycles. The van der Waals surface area contributed by atoms with Gasteiger partial charge >= 0.3 is 0 Å². The van der Waals surface area contributed by atoms with Crippen LogP contribution in [0.3, 0.4) is 0 Å². The average Bonchev–Trinajstić information content (AvgIpc) is 2.87. The fourth-order valence-corrected chi connectivity index (χ4v) is 5.41. The minimum absolute atomic E-state index is 0.0186. The van der Waals surface area contributed by atoms with Gasteiger partial charge in [0.25, 0.3) is 15.9 Å². The summed E-state index contributed by atoms with van der Waals surface area (Å²) < 4.78 is 38.6. The maximum absolute atomic E-state index is 13.5. The Morgan fingerprint density at radius 1 is 0.946 bits per heavy atom. The van der Waals surface area contributed by atoms with Gasteiger partial charge in [-0.05, 0) is 61.9 Å². The standard InChI is InChI=1S/C26H27Cl2N3O5S/c1-5-23(18-8-11-24(35-3)25(12-18)36-4)29-30-26(32)16-31(21-14-19(27)13-20(28)15-21)37(33,34)22-9-6-17(2)7-10-22/h6-15H,5,16H2,1-4H3,(H,30,32)/b29-23-. The summed E-state index contributed by atoms with van der Waals surface area (Å²) in [6.07, 6.45) is 0.491. The fraction of sp³-hybridized carbons (Fsp3) is 0.231. The second-order valence-electron chi connectivity index (χ2n) is 7.97. The van der Waals surface area contributed by atoms with Gasteiger partial charge in [0.05, 0.1) is 30.5 Å². The molecule has 0 spiro atoms. The predicted molar refractivity (Wildman–Crippen MR) is 147 cm³/mol. The van der Waals surface area contributed by atoms with Crippen LogP contribution in [-0.4, -0.2) is 40.8 Å². The Morgan fingerprint density at radius 3 is 2.14 bits per heavy atom. The number of hydrazone groups is 1. The zero-order chi connectivity index (χ0) is 27.2. The van der Waals surface area contributed by atoms with Crippen LogP contribution in [0, 0.1) is 6.92 Å². The molecule has 1 amide bonds. The number of carbonyl (C=O) groups excluding carboxylic acids is 1. The highest BCUT2D eigenvalue weighted by atomic mass is 35.5. The molecule has 3 aromatic carbocycles. The van der Waals surface area contributed by atoms with E-state index >= 15 is 0 Å². The Labute approximate surface area is 226 Å². The minimum Gasteiger partial charge on any atom is -0.493 e. The smallest absolute Gasteiger partial charge is 0.264 e. The highest BCUT2D eigenvalue weighted by molar-refractivity contribution is 7.92. The van der Waals surface area contributed by atoms with E-state index in [9.17, 15) is 13.2 Å². The first-order valence-electron chi connectivity index (χ1n) is 11.2. The molecule has 0 aliphatic carbocycles. The van der Waals surface area contributed by atoms with Crippen molar-refractivity contribution in [2.45, 2.75) is 25.2 Å². The maximum atomic E-state index is 13.5. The molecule has 196 valence electrons. The lowest BCUT2D eigenvalue weighted by Gasteiger charge is -2.24. The van der Waals surface area contributed by atoms with Crippen LogP contribution in [0.2, 0.25) is 10.0 Å². The number of carbonyl (C=O) groups is 1. The Bertz CT molecular complexity index is 1390. The van der Waals surface area contributed by atoms with Gasteiger partial charge in [0.1, 0.15) is 6.54 Å². The van der Waals surface area contributed by atoms with Crippen LogP contribution < -0.4 is 19.2 Å². The molecule has 0 aliphatic rings. The number of nitrogens with zero attached hydrogens (tertiary/aromatic N) is 2. The van der Waals surface area contributed by atoms with Gasteiger partial charge in [-0.3, -0.25) is 9.10 Å². The van der Waals surface area contributed by atoms with Gasteiger partial charge in [0.15, 0.2) is 11.5 Å². The SMILES string of the molecule is CC/C(=N/NC(=O)CN(c1cc(Cl)cc(Cl)c1)S(=O)(=O)c1ccc(C)cc1)c1ccc(OC)c(OC)c1. The number of nitrogens with one attached hydrogen (secondary N) is 1. The predicted octanol–water partition coefficient (Wildman–Crippen LogP) is 5.44. The van der Waals surface area contributed by atoms with E-state index < -0.39 is 22.5 Å². The summed E-state index contributed by atoms with van der Waals surface area (Å²) in [5.41, 5.74) is 4.78. The van der Waals surface area contributed by atoms with Gasteiger partial charge in [-0.25, -0.2) is 13.8 Å². The summed E-state index contributed by atoms with van der Waals surface area (Å²) in [7, 11) is -1.07. The van der Waals surface area contributed by atoms with Gasteiger partial charge in [-0.15, -0.1) is 0 Å². The number of rotatable bonds is 10. The van der Waals surface area contributed by atoms with E-state index in [1.807, 2.05) is 13.8 Å². The lowest BCUT2D eigenvalue weighted by Crippen LogP contribution is -2.39. The summed E-state index contributed by atoms with van der Waals surface area (Å²) in [4.78, 5) is 13.0. The highest BCUT2D eigenvalue weighted by Gasteiger charge is 2.28. The molecule has 0 radical (unpaired) electrons. The molecule has 0 unspecified atom stereocenters. The van der Waals surface area contributed by atoms with Crippen molar-refractivity contribution < 1.29 is 22.7 Å². The lowest BCUT2D eigenvalue weighted by atomic mass is 10.1. The summed E-state index contributed by atoms with van der Waals surface area (Å²) in [5, 5.41) is 4.70. The van der Waals surface area contributed by atoms with Crippen molar-refractivity contribution >= 4 is 50.5 Å². The number of hydrogen-bond acceptors (Lipinski definition) is 6. The molecule has 3 aromatic rings. The van der Waals surface area contributed by atoms with Crippen LogP contribution in [0.15, 0.2) is 70.7 Å². The third kappa shape index (κ3) is 6.94. The first-order valence-corrected chi connectivity index (χ1v) is 13.4. The Hall–Kier alpha value is -3.27. The molecule has 0 fully saturated rings. The third-order valence-electron chi connectivity index (χ3n) is 5.40. The molecule has 0 aliphatic heterocycles. The molecule has 1 N–H and O–H groups in total. The molecule has 37 heavy (non-hydrogen) atoms. The van der Waals surface area contributed by atoms with Crippen LogP contribution in [0.1, 0.15) is 24.5 Å². The molecule has 0 saturated carbocycles. The first-order chi connectivity index (χ1) is 17.6. The van der Waals surface area contributed by atoms with Gasteiger partial charge in [0, 0.05) is 15.6 Å². The zero-order valence-corrected chi connectivity index (χ0v) is 23.1. The summed E-state index contributed by atoms with van der Waals surface area (Å²) >= 11 is 12.3. The van der Waals surface area contributed by atoms with Crippen molar-refractivity contribution in [3.05, 3.63) is 81.8 Å². The molecular formula is C26H27Cl2N3O5S. The Morgan fingerprint density at radius 2 is 1.57 bits per heavy atom. The van der Waals surface area contributed by atoms with Crippen molar-refractivity contribution in [3.8, 4) is 11.5 Å².